The molecule has 0 saturated carbocycles. The Kier molecular flexibility index (Phi) is 7.18. The Bertz CT molecular complexity index is 736. The summed E-state index contributed by atoms with van der Waals surface area (Å²) < 4.78 is 7.90. The van der Waals surface area contributed by atoms with Gasteiger partial charge in [-0.3, -0.25) is 0 Å². The SMILES string of the molecule is Cl.Clc1cc(Cl)cc(-c2ccc(CNCCCn3ccnc3)o2)c1. The Hall–Kier alpha value is -1.46. The molecule has 2 aromatic heterocycles. The van der Waals surface area contributed by atoms with Crippen LogP contribution in [0.2, 0.25) is 10.0 Å². The number of hydrogen-bond acceptors (Lipinski definition) is 3. The van der Waals surface area contributed by atoms with Crippen LogP contribution >= 0.6 is 35.6 Å². The average Bonchev–Trinajstić information content (AvgIpc) is 3.17. The number of furan rings is 1. The molecule has 3 rings (SSSR count). The third-order valence-electron chi connectivity index (χ3n) is 3.44. The van der Waals surface area contributed by atoms with Gasteiger partial charge in [-0.25, -0.2) is 4.98 Å². The molecule has 0 bridgehead atoms. The highest BCUT2D eigenvalue weighted by Crippen LogP contribution is 2.28. The summed E-state index contributed by atoms with van der Waals surface area (Å²) in [6.07, 6.45) is 6.62. The fourth-order valence-electron chi connectivity index (χ4n) is 2.34. The summed E-state index contributed by atoms with van der Waals surface area (Å²) in [7, 11) is 0. The molecule has 0 amide bonds. The van der Waals surface area contributed by atoms with Gasteiger partial charge in [0.1, 0.15) is 11.5 Å². The van der Waals surface area contributed by atoms with Crippen LogP contribution in [0.5, 0.6) is 0 Å². The molecule has 0 aliphatic heterocycles. The number of nitrogens with zero attached hydrogens (tertiary/aromatic N) is 2. The summed E-state index contributed by atoms with van der Waals surface area (Å²) in [5, 5.41) is 4.57. The minimum absolute atomic E-state index is 0. The molecule has 128 valence electrons. The van der Waals surface area contributed by atoms with Crippen molar-refractivity contribution < 1.29 is 4.42 Å². The van der Waals surface area contributed by atoms with Crippen LogP contribution in [0.4, 0.5) is 0 Å². The van der Waals surface area contributed by atoms with Gasteiger partial charge in [-0.2, -0.15) is 0 Å². The Morgan fingerprint density at radius 2 is 1.92 bits per heavy atom. The van der Waals surface area contributed by atoms with Crippen LogP contribution in [0.15, 0.2) is 53.5 Å². The zero-order chi connectivity index (χ0) is 16.1. The second-order valence-electron chi connectivity index (χ2n) is 5.25. The highest BCUT2D eigenvalue weighted by Gasteiger charge is 2.07. The van der Waals surface area contributed by atoms with Crippen LogP contribution in [0.25, 0.3) is 11.3 Å². The summed E-state index contributed by atoms with van der Waals surface area (Å²) in [5.74, 6) is 1.66. The topological polar surface area (TPSA) is 43.0 Å². The van der Waals surface area contributed by atoms with E-state index in [0.717, 1.165) is 36.6 Å². The molecule has 0 aliphatic rings. The first-order chi connectivity index (χ1) is 11.2. The molecule has 0 radical (unpaired) electrons. The molecule has 0 aliphatic carbocycles. The number of rotatable bonds is 7. The summed E-state index contributed by atoms with van der Waals surface area (Å²) in [5.41, 5.74) is 0.883. The van der Waals surface area contributed by atoms with Gasteiger partial charge in [0, 0.05) is 34.5 Å². The number of imidazole rings is 1. The van der Waals surface area contributed by atoms with E-state index in [1.54, 1.807) is 12.3 Å². The van der Waals surface area contributed by atoms with Crippen molar-refractivity contribution in [1.82, 2.24) is 14.9 Å². The maximum atomic E-state index is 6.02. The minimum atomic E-state index is 0. The van der Waals surface area contributed by atoms with E-state index >= 15 is 0 Å². The molecule has 4 nitrogen and oxygen atoms in total. The highest BCUT2D eigenvalue weighted by molar-refractivity contribution is 6.35. The average molecular weight is 387 g/mol. The largest absolute Gasteiger partial charge is 0.460 e. The van der Waals surface area contributed by atoms with Gasteiger partial charge < -0.3 is 14.3 Å². The highest BCUT2D eigenvalue weighted by atomic mass is 35.5. The fraction of sp³-hybridized carbons (Fsp3) is 0.235. The van der Waals surface area contributed by atoms with Crippen LogP contribution in [0.1, 0.15) is 12.2 Å². The van der Waals surface area contributed by atoms with Crippen LogP contribution in [-0.4, -0.2) is 16.1 Å². The first kappa shape index (κ1) is 18.9. The molecule has 2 heterocycles. The first-order valence-corrected chi connectivity index (χ1v) is 8.18. The molecule has 1 N–H and O–H groups in total. The van der Waals surface area contributed by atoms with Gasteiger partial charge in [-0.1, -0.05) is 23.2 Å². The van der Waals surface area contributed by atoms with E-state index in [-0.39, 0.29) is 12.4 Å². The van der Waals surface area contributed by atoms with Crippen molar-refractivity contribution in [2.45, 2.75) is 19.5 Å². The van der Waals surface area contributed by atoms with E-state index in [1.807, 2.05) is 36.8 Å². The molecule has 7 heteroatoms. The van der Waals surface area contributed by atoms with Crippen LogP contribution in [-0.2, 0) is 13.1 Å². The van der Waals surface area contributed by atoms with Crippen molar-refractivity contribution in [1.29, 1.82) is 0 Å². The van der Waals surface area contributed by atoms with Gasteiger partial charge in [-0.05, 0) is 43.3 Å². The van der Waals surface area contributed by atoms with Crippen molar-refractivity contribution in [3.63, 3.8) is 0 Å². The monoisotopic (exact) mass is 385 g/mol. The third kappa shape index (κ3) is 5.28. The molecular weight excluding hydrogens is 369 g/mol. The van der Waals surface area contributed by atoms with Crippen LogP contribution < -0.4 is 5.32 Å². The molecule has 0 fully saturated rings. The minimum Gasteiger partial charge on any atom is -0.460 e. The second-order valence-corrected chi connectivity index (χ2v) is 6.13. The number of benzene rings is 1. The quantitative estimate of drug-likeness (QED) is 0.578. The predicted molar refractivity (Wildman–Crippen MR) is 100.0 cm³/mol. The van der Waals surface area contributed by atoms with Crippen LogP contribution in [0.3, 0.4) is 0 Å². The molecular formula is C17H18Cl3N3O. The van der Waals surface area contributed by atoms with Gasteiger partial charge in [-0.15, -0.1) is 12.4 Å². The molecule has 24 heavy (non-hydrogen) atoms. The van der Waals surface area contributed by atoms with Crippen molar-refractivity contribution in [3.8, 4) is 11.3 Å². The lowest BCUT2D eigenvalue weighted by Gasteiger charge is -2.04. The first-order valence-electron chi connectivity index (χ1n) is 7.42. The van der Waals surface area contributed by atoms with Gasteiger partial charge in [0.15, 0.2) is 0 Å². The van der Waals surface area contributed by atoms with E-state index in [4.69, 9.17) is 27.6 Å². The second kappa shape index (κ2) is 9.14. The normalized spacial score (nSPS) is 10.6. The summed E-state index contributed by atoms with van der Waals surface area (Å²) in [6.45, 7) is 2.56. The lowest BCUT2D eigenvalue weighted by Crippen LogP contribution is -2.15. The van der Waals surface area contributed by atoms with Crippen LogP contribution in [0, 0.1) is 0 Å². The Morgan fingerprint density at radius 1 is 1.12 bits per heavy atom. The Morgan fingerprint density at radius 3 is 2.62 bits per heavy atom. The fourth-order valence-corrected chi connectivity index (χ4v) is 2.87. The van der Waals surface area contributed by atoms with Gasteiger partial charge in [0.2, 0.25) is 0 Å². The Balaban J connectivity index is 0.00000208. The third-order valence-corrected chi connectivity index (χ3v) is 3.87. The van der Waals surface area contributed by atoms with E-state index in [2.05, 4.69) is 14.9 Å². The maximum Gasteiger partial charge on any atom is 0.134 e. The van der Waals surface area contributed by atoms with Crippen molar-refractivity contribution >= 4 is 35.6 Å². The Labute approximate surface area is 157 Å². The molecule has 0 unspecified atom stereocenters. The predicted octanol–water partition coefficient (Wildman–Crippen LogP) is 5.05. The number of hydrogen-bond donors (Lipinski definition) is 1. The van der Waals surface area contributed by atoms with Crippen molar-refractivity contribution in [3.05, 3.63) is 64.9 Å². The smallest absolute Gasteiger partial charge is 0.134 e. The van der Waals surface area contributed by atoms with Crippen molar-refractivity contribution in [2.24, 2.45) is 0 Å². The molecule has 1 aromatic carbocycles. The number of aryl methyl sites for hydroxylation is 1. The lowest BCUT2D eigenvalue weighted by molar-refractivity contribution is 0.484. The summed E-state index contributed by atoms with van der Waals surface area (Å²) in [6, 6.07) is 9.29. The molecule has 0 saturated heterocycles. The van der Waals surface area contributed by atoms with Gasteiger partial charge in [0.25, 0.3) is 0 Å². The van der Waals surface area contributed by atoms with Gasteiger partial charge >= 0.3 is 0 Å². The number of nitrogens with one attached hydrogen (secondary N) is 1. The zero-order valence-electron chi connectivity index (χ0n) is 12.9. The van der Waals surface area contributed by atoms with Crippen molar-refractivity contribution in [2.75, 3.05) is 6.54 Å². The van der Waals surface area contributed by atoms with E-state index < -0.39 is 0 Å². The maximum absolute atomic E-state index is 6.02. The standard InChI is InChI=1S/C17H17Cl2N3O.ClH/c18-14-8-13(9-15(19)10-14)17-3-2-16(23-17)11-20-4-1-6-22-7-5-21-12-22;/h2-3,5,7-10,12,20H,1,4,6,11H2;1H. The summed E-state index contributed by atoms with van der Waals surface area (Å²) in [4.78, 5) is 4.02. The molecule has 0 spiro atoms. The number of aromatic nitrogens is 2. The zero-order valence-corrected chi connectivity index (χ0v) is 15.2. The summed E-state index contributed by atoms with van der Waals surface area (Å²) >= 11 is 12.0. The number of halogens is 3. The van der Waals surface area contributed by atoms with E-state index in [1.165, 1.54) is 0 Å². The van der Waals surface area contributed by atoms with Gasteiger partial charge in [0.05, 0.1) is 12.9 Å². The van der Waals surface area contributed by atoms with E-state index in [0.29, 0.717) is 16.6 Å². The molecule has 3 aromatic rings. The molecule has 0 atom stereocenters. The van der Waals surface area contributed by atoms with E-state index in [9.17, 15) is 0 Å². The lowest BCUT2D eigenvalue weighted by atomic mass is 10.2.